The quantitative estimate of drug-likeness (QED) is 0.242. The van der Waals surface area contributed by atoms with E-state index < -0.39 is 0 Å². The van der Waals surface area contributed by atoms with Gasteiger partial charge in [-0.1, -0.05) is 26.3 Å². The Hall–Kier alpha value is 2.94. The van der Waals surface area contributed by atoms with Crippen molar-refractivity contribution in [3.63, 3.8) is 0 Å². The summed E-state index contributed by atoms with van der Waals surface area (Å²) in [5.74, 6) is 0. The molecule has 17 heavy (non-hydrogen) atoms. The molecule has 0 radical (unpaired) electrons. The van der Waals surface area contributed by atoms with Crippen LogP contribution in [0.4, 0.5) is 0 Å². The Morgan fingerprint density at radius 2 is 0.941 bits per heavy atom. The normalized spacial score (nSPS) is 4.12. The van der Waals surface area contributed by atoms with Crippen molar-refractivity contribution < 1.29 is 13.3 Å². The van der Waals surface area contributed by atoms with Gasteiger partial charge in [0.2, 0.25) is 0 Å². The predicted octanol–water partition coefficient (Wildman–Crippen LogP) is 4.82. The molecule has 0 saturated carbocycles. The third-order valence-corrected chi connectivity index (χ3v) is 0.408. The van der Waals surface area contributed by atoms with Crippen LogP contribution in [0.5, 0.6) is 0 Å². The van der Waals surface area contributed by atoms with Crippen LogP contribution in [0.25, 0.3) is 0 Å². The van der Waals surface area contributed by atoms with Gasteiger partial charge in [-0.2, -0.15) is 0 Å². The van der Waals surface area contributed by atoms with Crippen LogP contribution in [0, 0.1) is 0 Å². The molecule has 0 fully saturated rings. The van der Waals surface area contributed by atoms with Gasteiger partial charge in [0.15, 0.2) is 0 Å². The van der Waals surface area contributed by atoms with Crippen molar-refractivity contribution >= 4 is 98.4 Å². The Morgan fingerprint density at radius 1 is 0.882 bits per heavy atom. The molecular formula is C11H17I6-. The van der Waals surface area contributed by atoms with Gasteiger partial charge < -0.3 is 0 Å². The van der Waals surface area contributed by atoms with Gasteiger partial charge in [-0.05, 0) is 26.0 Å². The summed E-state index contributed by atoms with van der Waals surface area (Å²) in [5, 5.41) is 0. The monoisotopic (exact) mass is 911 g/mol. The summed E-state index contributed by atoms with van der Waals surface area (Å²) in [6.45, 7) is 16.6. The number of hydrogen-bond acceptors (Lipinski definition) is 0. The number of allylic oxidation sites excluding steroid dienone is 2. The third kappa shape index (κ3) is 223. The van der Waals surface area contributed by atoms with Crippen molar-refractivity contribution in [2.75, 3.05) is 0 Å². The van der Waals surface area contributed by atoms with Crippen LogP contribution >= 0.6 is 98.4 Å². The summed E-state index contributed by atoms with van der Waals surface area (Å²) >= 11 is 9.54. The van der Waals surface area contributed by atoms with Crippen molar-refractivity contribution in [3.05, 3.63) is 55.7 Å². The third-order valence-electron chi connectivity index (χ3n) is 0.408. The molecule has 0 unspecified atom stereocenters. The van der Waals surface area contributed by atoms with Crippen molar-refractivity contribution in [1.82, 2.24) is 0 Å². The Balaban J connectivity index is -0.0000000224. The molecule has 0 bridgehead atoms. The second-order valence-corrected chi connectivity index (χ2v) is 17.5. The SMILES string of the molecule is C=C=C.C=C=CC.C=C=CC.I.II.I[I-]I. The molecule has 0 nitrogen and oxygen atoms in total. The number of hydrogen-bond donors (Lipinski definition) is 0. The minimum atomic E-state index is 0. The van der Waals surface area contributed by atoms with E-state index in [4.69, 9.17) is 0 Å². The molecule has 6 heteroatoms. The molecule has 0 saturated heterocycles. The summed E-state index contributed by atoms with van der Waals surface area (Å²) in [6, 6.07) is 0. The van der Waals surface area contributed by atoms with Gasteiger partial charge in [0.1, 0.15) is 0 Å². The summed E-state index contributed by atoms with van der Waals surface area (Å²) in [5.41, 5.74) is 7.36. The summed E-state index contributed by atoms with van der Waals surface area (Å²) < 4.78 is 0. The molecule has 0 N–H and O–H groups in total. The van der Waals surface area contributed by atoms with Gasteiger partial charge in [0.05, 0.1) is 0 Å². The first-order valence-corrected chi connectivity index (χ1v) is 22.4. The van der Waals surface area contributed by atoms with Crippen LogP contribution in [0.3, 0.4) is 0 Å². The number of rotatable bonds is 0. The van der Waals surface area contributed by atoms with E-state index >= 15 is 0 Å². The van der Waals surface area contributed by atoms with Gasteiger partial charge in [0.25, 0.3) is 0 Å². The Bertz CT molecular complexity index is 178. The van der Waals surface area contributed by atoms with Crippen LogP contribution < -0.4 is 13.3 Å². The van der Waals surface area contributed by atoms with E-state index in [1.165, 1.54) is 0 Å². The molecule has 0 aliphatic carbocycles. The maximum absolute atomic E-state index is 3.30. The molecule has 0 aliphatic heterocycles. The van der Waals surface area contributed by atoms with Crippen molar-refractivity contribution in [2.45, 2.75) is 13.8 Å². The van der Waals surface area contributed by atoms with Crippen LogP contribution in [0.2, 0.25) is 0 Å². The molecule has 0 rings (SSSR count). The van der Waals surface area contributed by atoms with E-state index in [2.05, 4.69) is 118 Å². The zero-order chi connectivity index (χ0) is 14.2. The average Bonchev–Trinajstić information content (AvgIpc) is 2.33. The summed E-state index contributed by atoms with van der Waals surface area (Å²) in [6.07, 6.45) is 3.53. The van der Waals surface area contributed by atoms with Gasteiger partial charge in [-0.25, -0.2) is 0 Å². The molecule has 0 atom stereocenters. The second kappa shape index (κ2) is 76.3. The van der Waals surface area contributed by atoms with E-state index in [9.17, 15) is 0 Å². The van der Waals surface area contributed by atoms with Crippen LogP contribution in [-0.4, -0.2) is 0 Å². The fourth-order valence-electron chi connectivity index (χ4n) is 0. The fourth-order valence-corrected chi connectivity index (χ4v) is 0. The van der Waals surface area contributed by atoms with E-state index in [-0.39, 0.29) is 24.0 Å². The molecule has 0 aromatic carbocycles. The topological polar surface area (TPSA) is 0 Å². The minimum absolute atomic E-state index is 0. The van der Waals surface area contributed by atoms with Crippen molar-refractivity contribution in [3.8, 4) is 0 Å². The van der Waals surface area contributed by atoms with E-state index in [0.717, 1.165) is 0 Å². The average molecular weight is 911 g/mol. The van der Waals surface area contributed by atoms with Gasteiger partial charge in [-0.15, -0.1) is 41.2 Å². The van der Waals surface area contributed by atoms with Gasteiger partial charge >= 0.3 is 50.5 Å². The molecule has 0 aliphatic rings. The molecule has 0 aromatic rings. The van der Waals surface area contributed by atoms with Crippen molar-refractivity contribution in [2.24, 2.45) is 0 Å². The molecule has 0 heterocycles. The standard InChI is InChI=1S/2C4H6.C3H4.I3.I2.HI/c2*1-3-4-2;2*1-3-2;1-2;/h2*4H,1H2,2H3;1-2H2;;;1H/q;;;-1;;. The van der Waals surface area contributed by atoms with Crippen molar-refractivity contribution in [1.29, 1.82) is 0 Å². The molecular weight excluding hydrogens is 894 g/mol. The first-order valence-electron chi connectivity index (χ1n) is 3.57. The number of halogens is 6. The first-order chi connectivity index (χ1) is 7.66. The maximum atomic E-state index is 3.30. The zero-order valence-corrected chi connectivity index (χ0v) is 22.9. The summed E-state index contributed by atoms with van der Waals surface area (Å²) in [4.78, 5) is 0. The van der Waals surface area contributed by atoms with E-state index in [1.54, 1.807) is 12.2 Å². The first kappa shape index (κ1) is 36.8. The Morgan fingerprint density at radius 3 is 0.941 bits per heavy atom. The predicted molar refractivity (Wildman–Crippen MR) is 125 cm³/mol. The summed E-state index contributed by atoms with van der Waals surface area (Å²) in [7, 11) is 0. The Kier molecular flexibility index (Phi) is 165. The van der Waals surface area contributed by atoms with E-state index in [1.807, 2.05) is 13.8 Å². The van der Waals surface area contributed by atoms with Gasteiger partial charge in [-0.3, -0.25) is 0 Å². The van der Waals surface area contributed by atoms with Crippen LogP contribution in [-0.2, 0) is 0 Å². The second-order valence-electron chi connectivity index (χ2n) is 1.29. The van der Waals surface area contributed by atoms with Crippen LogP contribution in [0.1, 0.15) is 13.8 Å². The van der Waals surface area contributed by atoms with Crippen LogP contribution in [0.15, 0.2) is 55.7 Å². The molecule has 0 amide bonds. The fraction of sp³-hybridized carbons (Fsp3) is 0.182. The molecule has 0 spiro atoms. The van der Waals surface area contributed by atoms with Gasteiger partial charge in [0, 0.05) is 37.2 Å². The molecule has 104 valence electrons. The zero-order valence-electron chi connectivity index (χ0n) is 9.78. The Labute approximate surface area is 177 Å². The molecule has 0 aromatic heterocycles. The van der Waals surface area contributed by atoms with E-state index in [0.29, 0.717) is 13.3 Å².